The van der Waals surface area contributed by atoms with Gasteiger partial charge < -0.3 is 14.8 Å². The van der Waals surface area contributed by atoms with Crippen LogP contribution < -0.4 is 14.8 Å². The number of methoxy groups -OCH3 is 1. The summed E-state index contributed by atoms with van der Waals surface area (Å²) >= 11 is 0. The zero-order valence-corrected chi connectivity index (χ0v) is 14.1. The van der Waals surface area contributed by atoms with Crippen LogP contribution in [0.4, 0.5) is 0 Å². The van der Waals surface area contributed by atoms with Crippen LogP contribution >= 0.6 is 0 Å². The van der Waals surface area contributed by atoms with Crippen molar-refractivity contribution in [2.45, 2.75) is 58.9 Å². The molecule has 0 aliphatic rings. The molecule has 0 aromatic heterocycles. The smallest absolute Gasteiger partial charge is 0.220 e. The Balaban J connectivity index is 2.48. The molecule has 0 spiro atoms. The SMILES string of the molecule is CCCCCC(=O)NCc1ccc(OCCCC)c(OC)c1. The number of ether oxygens (including phenoxy) is 2. The number of benzene rings is 1. The molecular formula is C18H29NO3. The Morgan fingerprint density at radius 2 is 1.86 bits per heavy atom. The maximum absolute atomic E-state index is 11.7. The van der Waals surface area contributed by atoms with Crippen LogP contribution in [0.15, 0.2) is 18.2 Å². The van der Waals surface area contributed by atoms with E-state index in [9.17, 15) is 4.79 Å². The number of nitrogens with one attached hydrogen (secondary N) is 1. The van der Waals surface area contributed by atoms with Crippen molar-refractivity contribution in [1.29, 1.82) is 0 Å². The molecule has 124 valence electrons. The number of hydrogen-bond donors (Lipinski definition) is 1. The predicted octanol–water partition coefficient (Wildman–Crippen LogP) is 4.07. The van der Waals surface area contributed by atoms with E-state index in [4.69, 9.17) is 9.47 Å². The molecule has 0 heterocycles. The number of carbonyl (C=O) groups excluding carboxylic acids is 1. The van der Waals surface area contributed by atoms with Gasteiger partial charge >= 0.3 is 0 Å². The summed E-state index contributed by atoms with van der Waals surface area (Å²) in [5.74, 6) is 1.58. The zero-order chi connectivity index (χ0) is 16.2. The lowest BCUT2D eigenvalue weighted by Gasteiger charge is -2.12. The van der Waals surface area contributed by atoms with Gasteiger partial charge in [0.25, 0.3) is 0 Å². The normalized spacial score (nSPS) is 10.3. The molecular weight excluding hydrogens is 278 g/mol. The summed E-state index contributed by atoms with van der Waals surface area (Å²) in [5, 5.41) is 2.95. The van der Waals surface area contributed by atoms with Crippen LogP contribution in [0.5, 0.6) is 11.5 Å². The maximum atomic E-state index is 11.7. The second-order valence-corrected chi connectivity index (χ2v) is 5.42. The van der Waals surface area contributed by atoms with Crippen LogP contribution in [-0.4, -0.2) is 19.6 Å². The highest BCUT2D eigenvalue weighted by atomic mass is 16.5. The van der Waals surface area contributed by atoms with Gasteiger partial charge in [0.15, 0.2) is 11.5 Å². The minimum atomic E-state index is 0.107. The molecule has 1 rings (SSSR count). The third-order valence-electron chi connectivity index (χ3n) is 3.48. The highest BCUT2D eigenvalue weighted by Gasteiger charge is 2.07. The van der Waals surface area contributed by atoms with E-state index in [1.165, 1.54) is 0 Å². The van der Waals surface area contributed by atoms with Gasteiger partial charge in [0.05, 0.1) is 13.7 Å². The number of unbranched alkanes of at least 4 members (excludes halogenated alkanes) is 3. The van der Waals surface area contributed by atoms with Gasteiger partial charge in [0, 0.05) is 13.0 Å². The van der Waals surface area contributed by atoms with Gasteiger partial charge in [-0.05, 0) is 30.5 Å². The van der Waals surface area contributed by atoms with Crippen molar-refractivity contribution in [3.63, 3.8) is 0 Å². The Morgan fingerprint density at radius 1 is 1.09 bits per heavy atom. The summed E-state index contributed by atoms with van der Waals surface area (Å²) in [6.07, 6.45) is 5.91. The second-order valence-electron chi connectivity index (χ2n) is 5.42. The van der Waals surface area contributed by atoms with Gasteiger partial charge in [-0.2, -0.15) is 0 Å². The van der Waals surface area contributed by atoms with E-state index in [-0.39, 0.29) is 5.91 Å². The number of carbonyl (C=O) groups is 1. The summed E-state index contributed by atoms with van der Waals surface area (Å²) in [6, 6.07) is 5.80. The average molecular weight is 307 g/mol. The molecule has 0 saturated heterocycles. The van der Waals surface area contributed by atoms with E-state index in [1.807, 2.05) is 18.2 Å². The molecule has 0 saturated carbocycles. The molecule has 0 atom stereocenters. The van der Waals surface area contributed by atoms with Crippen LogP contribution in [-0.2, 0) is 11.3 Å². The van der Waals surface area contributed by atoms with E-state index >= 15 is 0 Å². The first-order chi connectivity index (χ1) is 10.7. The van der Waals surface area contributed by atoms with Gasteiger partial charge in [0.2, 0.25) is 5.91 Å². The third kappa shape index (κ3) is 6.83. The standard InChI is InChI=1S/C18H29NO3/c1-4-6-8-9-18(20)19-14-15-10-11-16(17(13-15)21-3)22-12-7-5-2/h10-11,13H,4-9,12,14H2,1-3H3,(H,19,20). The molecule has 1 amide bonds. The summed E-state index contributed by atoms with van der Waals surface area (Å²) < 4.78 is 11.1. The minimum Gasteiger partial charge on any atom is -0.493 e. The minimum absolute atomic E-state index is 0.107. The summed E-state index contributed by atoms with van der Waals surface area (Å²) in [7, 11) is 1.63. The Hall–Kier alpha value is -1.71. The largest absolute Gasteiger partial charge is 0.493 e. The quantitative estimate of drug-likeness (QED) is 0.627. The van der Waals surface area contributed by atoms with Crippen LogP contribution in [0, 0.1) is 0 Å². The number of rotatable bonds is 11. The molecule has 1 N–H and O–H groups in total. The van der Waals surface area contributed by atoms with Crippen molar-refractivity contribution < 1.29 is 14.3 Å². The van der Waals surface area contributed by atoms with Crippen LogP contribution in [0.25, 0.3) is 0 Å². The van der Waals surface area contributed by atoms with E-state index in [2.05, 4.69) is 19.2 Å². The van der Waals surface area contributed by atoms with E-state index < -0.39 is 0 Å². The zero-order valence-electron chi connectivity index (χ0n) is 14.1. The molecule has 1 aromatic carbocycles. The van der Waals surface area contributed by atoms with Crippen LogP contribution in [0.3, 0.4) is 0 Å². The predicted molar refractivity (Wildman–Crippen MR) is 89.4 cm³/mol. The monoisotopic (exact) mass is 307 g/mol. The summed E-state index contributed by atoms with van der Waals surface area (Å²) in [4.78, 5) is 11.7. The van der Waals surface area contributed by atoms with Gasteiger partial charge in [-0.1, -0.05) is 39.2 Å². The fraction of sp³-hybridized carbons (Fsp3) is 0.611. The third-order valence-corrected chi connectivity index (χ3v) is 3.48. The number of hydrogen-bond acceptors (Lipinski definition) is 3. The lowest BCUT2D eigenvalue weighted by atomic mass is 10.1. The van der Waals surface area contributed by atoms with Crippen molar-refractivity contribution in [1.82, 2.24) is 5.32 Å². The highest BCUT2D eigenvalue weighted by molar-refractivity contribution is 5.75. The Morgan fingerprint density at radius 3 is 2.55 bits per heavy atom. The van der Waals surface area contributed by atoms with Gasteiger partial charge in [-0.25, -0.2) is 0 Å². The van der Waals surface area contributed by atoms with Gasteiger partial charge in [0.1, 0.15) is 0 Å². The molecule has 0 aliphatic heterocycles. The first-order valence-corrected chi connectivity index (χ1v) is 8.27. The van der Waals surface area contributed by atoms with Crippen LogP contribution in [0.1, 0.15) is 57.9 Å². The first-order valence-electron chi connectivity index (χ1n) is 8.27. The molecule has 0 aliphatic carbocycles. The lowest BCUT2D eigenvalue weighted by molar-refractivity contribution is -0.121. The van der Waals surface area contributed by atoms with Gasteiger partial charge in [-0.15, -0.1) is 0 Å². The fourth-order valence-electron chi connectivity index (χ4n) is 2.09. The molecule has 0 bridgehead atoms. The molecule has 0 unspecified atom stereocenters. The number of amides is 1. The highest BCUT2D eigenvalue weighted by Crippen LogP contribution is 2.28. The summed E-state index contributed by atoms with van der Waals surface area (Å²) in [5.41, 5.74) is 1.02. The second kappa shape index (κ2) is 10.9. The molecule has 0 fully saturated rings. The van der Waals surface area contributed by atoms with E-state index in [0.29, 0.717) is 25.3 Å². The topological polar surface area (TPSA) is 47.6 Å². The van der Waals surface area contributed by atoms with E-state index in [1.54, 1.807) is 7.11 Å². The molecule has 0 radical (unpaired) electrons. The van der Waals surface area contributed by atoms with Crippen LogP contribution in [0.2, 0.25) is 0 Å². The molecule has 1 aromatic rings. The van der Waals surface area contributed by atoms with E-state index in [0.717, 1.165) is 43.4 Å². The molecule has 4 heteroatoms. The van der Waals surface area contributed by atoms with Crippen molar-refractivity contribution in [3.8, 4) is 11.5 Å². The lowest BCUT2D eigenvalue weighted by Crippen LogP contribution is -2.22. The molecule has 4 nitrogen and oxygen atoms in total. The van der Waals surface area contributed by atoms with Crippen molar-refractivity contribution in [3.05, 3.63) is 23.8 Å². The summed E-state index contributed by atoms with van der Waals surface area (Å²) in [6.45, 7) is 5.48. The van der Waals surface area contributed by atoms with Crippen molar-refractivity contribution >= 4 is 5.91 Å². The fourth-order valence-corrected chi connectivity index (χ4v) is 2.09. The van der Waals surface area contributed by atoms with Crippen molar-refractivity contribution in [2.24, 2.45) is 0 Å². The Labute approximate surface area is 134 Å². The first kappa shape index (κ1) is 18.3. The van der Waals surface area contributed by atoms with Crippen molar-refractivity contribution in [2.75, 3.05) is 13.7 Å². The Kier molecular flexibility index (Phi) is 9.12. The average Bonchev–Trinajstić information content (AvgIpc) is 2.54. The maximum Gasteiger partial charge on any atom is 0.220 e. The molecule has 22 heavy (non-hydrogen) atoms. The Bertz CT molecular complexity index is 446. The van der Waals surface area contributed by atoms with Gasteiger partial charge in [-0.3, -0.25) is 4.79 Å².